The molecule has 0 heterocycles. The zero-order valence-corrected chi connectivity index (χ0v) is 12.1. The molecule has 2 aromatic carbocycles. The van der Waals surface area contributed by atoms with Crippen molar-refractivity contribution in [1.82, 2.24) is 5.32 Å². The maximum atomic E-state index is 13.6. The van der Waals surface area contributed by atoms with Gasteiger partial charge < -0.3 is 11.1 Å². The zero-order chi connectivity index (χ0) is 16.8. The first-order chi connectivity index (χ1) is 11.0. The molecule has 6 heteroatoms. The van der Waals surface area contributed by atoms with Crippen LogP contribution >= 0.6 is 0 Å². The minimum atomic E-state index is -1.04. The molecule has 0 unspecified atom stereocenters. The summed E-state index contributed by atoms with van der Waals surface area (Å²) in [7, 11) is 0. The molecule has 0 saturated heterocycles. The van der Waals surface area contributed by atoms with Gasteiger partial charge in [0.2, 0.25) is 5.91 Å². The molecule has 0 bridgehead atoms. The molecular formula is C17H14FN3O2. The van der Waals surface area contributed by atoms with Crippen LogP contribution in [0.3, 0.4) is 0 Å². The van der Waals surface area contributed by atoms with E-state index in [1.165, 1.54) is 18.2 Å². The van der Waals surface area contributed by atoms with Crippen molar-refractivity contribution in [1.29, 1.82) is 5.26 Å². The number of hydrogen-bond donors (Lipinski definition) is 2. The normalized spacial score (nSPS) is 11.3. The number of primary amides is 1. The van der Waals surface area contributed by atoms with Gasteiger partial charge in [0.25, 0.3) is 5.91 Å². The molecule has 0 radical (unpaired) electrons. The first-order valence-electron chi connectivity index (χ1n) is 6.85. The Hall–Kier alpha value is -3.20. The Labute approximate surface area is 132 Å². The van der Waals surface area contributed by atoms with Gasteiger partial charge >= 0.3 is 0 Å². The van der Waals surface area contributed by atoms with Crippen LogP contribution in [-0.4, -0.2) is 17.9 Å². The molecule has 0 aliphatic carbocycles. The van der Waals surface area contributed by atoms with Gasteiger partial charge in [-0.15, -0.1) is 0 Å². The number of benzene rings is 2. The third kappa shape index (κ3) is 3.92. The van der Waals surface area contributed by atoms with Crippen molar-refractivity contribution in [2.45, 2.75) is 12.5 Å². The number of amides is 2. The van der Waals surface area contributed by atoms with Crippen LogP contribution in [0.5, 0.6) is 0 Å². The highest BCUT2D eigenvalue weighted by Gasteiger charge is 2.22. The standard InChI is InChI=1S/C17H14FN3O2/c18-14-8-4-3-7-13(14)17(23)21-15(16(20)22)9-11-5-1-2-6-12(11)10-19/h1-8,15H,9H2,(H2,20,22)(H,21,23)/t15-/m1/s1. The van der Waals surface area contributed by atoms with Crippen LogP contribution in [0.1, 0.15) is 21.5 Å². The number of hydrogen-bond acceptors (Lipinski definition) is 3. The van der Waals surface area contributed by atoms with Crippen LogP contribution in [0.2, 0.25) is 0 Å². The quantitative estimate of drug-likeness (QED) is 0.876. The molecular weight excluding hydrogens is 297 g/mol. The number of nitrogens with zero attached hydrogens (tertiary/aromatic N) is 1. The van der Waals surface area contributed by atoms with Crippen molar-refractivity contribution in [3.63, 3.8) is 0 Å². The number of nitrogens with one attached hydrogen (secondary N) is 1. The fourth-order valence-corrected chi connectivity index (χ4v) is 2.13. The molecule has 2 aromatic rings. The van der Waals surface area contributed by atoms with E-state index in [2.05, 4.69) is 5.32 Å². The van der Waals surface area contributed by atoms with E-state index in [1.807, 2.05) is 6.07 Å². The Bertz CT molecular complexity index is 783. The molecule has 0 spiro atoms. The number of carbonyl (C=O) groups is 2. The molecule has 2 rings (SSSR count). The Morgan fingerprint density at radius 1 is 1.17 bits per heavy atom. The van der Waals surface area contributed by atoms with Crippen LogP contribution < -0.4 is 11.1 Å². The highest BCUT2D eigenvalue weighted by Crippen LogP contribution is 2.11. The Balaban J connectivity index is 2.20. The second-order valence-electron chi connectivity index (χ2n) is 4.88. The van der Waals surface area contributed by atoms with E-state index in [4.69, 9.17) is 11.0 Å². The van der Waals surface area contributed by atoms with E-state index in [-0.39, 0.29) is 12.0 Å². The molecule has 0 aromatic heterocycles. The summed E-state index contributed by atoms with van der Waals surface area (Å²) in [5.41, 5.74) is 6.10. The molecule has 0 fully saturated rings. The first-order valence-corrected chi connectivity index (χ1v) is 6.85. The van der Waals surface area contributed by atoms with Crippen molar-refractivity contribution in [2.24, 2.45) is 5.73 Å². The number of nitrogens with two attached hydrogens (primary N) is 1. The van der Waals surface area contributed by atoms with Gasteiger partial charge in [0.05, 0.1) is 17.2 Å². The second kappa shape index (κ2) is 7.18. The van der Waals surface area contributed by atoms with Crippen LogP contribution in [-0.2, 0) is 11.2 Å². The first kappa shape index (κ1) is 16.2. The summed E-state index contributed by atoms with van der Waals surface area (Å²) in [5, 5.41) is 11.5. The van der Waals surface area contributed by atoms with Gasteiger partial charge in [-0.05, 0) is 23.8 Å². The predicted molar refractivity (Wildman–Crippen MR) is 81.7 cm³/mol. The maximum absolute atomic E-state index is 13.6. The number of rotatable bonds is 5. The van der Waals surface area contributed by atoms with Crippen molar-refractivity contribution in [3.05, 3.63) is 71.0 Å². The summed E-state index contributed by atoms with van der Waals surface area (Å²) in [6.07, 6.45) is 0.0548. The summed E-state index contributed by atoms with van der Waals surface area (Å²) >= 11 is 0. The van der Waals surface area contributed by atoms with Crippen molar-refractivity contribution in [3.8, 4) is 6.07 Å². The number of carbonyl (C=O) groups excluding carboxylic acids is 2. The Morgan fingerprint density at radius 2 is 1.83 bits per heavy atom. The topological polar surface area (TPSA) is 96.0 Å². The third-order valence-electron chi connectivity index (χ3n) is 3.33. The van der Waals surface area contributed by atoms with Gasteiger partial charge in [-0.1, -0.05) is 30.3 Å². The van der Waals surface area contributed by atoms with Crippen LogP contribution in [0.4, 0.5) is 4.39 Å². The molecule has 3 N–H and O–H groups in total. The molecule has 23 heavy (non-hydrogen) atoms. The van der Waals surface area contributed by atoms with Gasteiger partial charge in [-0.3, -0.25) is 9.59 Å². The minimum absolute atomic E-state index is 0.0548. The van der Waals surface area contributed by atoms with E-state index in [9.17, 15) is 14.0 Å². The monoisotopic (exact) mass is 311 g/mol. The Kier molecular flexibility index (Phi) is 5.05. The van der Waals surface area contributed by atoms with E-state index in [0.717, 1.165) is 6.07 Å². The lowest BCUT2D eigenvalue weighted by atomic mass is 10.00. The molecule has 0 aliphatic heterocycles. The average molecular weight is 311 g/mol. The maximum Gasteiger partial charge on any atom is 0.254 e. The molecule has 1 atom stereocenters. The van der Waals surface area contributed by atoms with Gasteiger partial charge in [-0.25, -0.2) is 4.39 Å². The highest BCUT2D eigenvalue weighted by atomic mass is 19.1. The smallest absolute Gasteiger partial charge is 0.254 e. The fraction of sp³-hybridized carbons (Fsp3) is 0.118. The van der Waals surface area contributed by atoms with E-state index in [0.29, 0.717) is 11.1 Å². The van der Waals surface area contributed by atoms with Gasteiger partial charge in [-0.2, -0.15) is 5.26 Å². The van der Waals surface area contributed by atoms with Crippen LogP contribution in [0, 0.1) is 17.1 Å². The van der Waals surface area contributed by atoms with Crippen LogP contribution in [0.25, 0.3) is 0 Å². The number of nitriles is 1. The van der Waals surface area contributed by atoms with E-state index < -0.39 is 23.7 Å². The van der Waals surface area contributed by atoms with Crippen molar-refractivity contribution < 1.29 is 14.0 Å². The van der Waals surface area contributed by atoms with E-state index >= 15 is 0 Å². The predicted octanol–water partition coefficient (Wildman–Crippen LogP) is 1.52. The lowest BCUT2D eigenvalue weighted by Gasteiger charge is -2.16. The SMILES string of the molecule is N#Cc1ccccc1C[C@@H](NC(=O)c1ccccc1F)C(N)=O. The second-order valence-corrected chi connectivity index (χ2v) is 4.88. The summed E-state index contributed by atoms with van der Waals surface area (Å²) in [4.78, 5) is 23.7. The lowest BCUT2D eigenvalue weighted by molar-refractivity contribution is -0.119. The molecule has 2 amide bonds. The van der Waals surface area contributed by atoms with Crippen molar-refractivity contribution >= 4 is 11.8 Å². The van der Waals surface area contributed by atoms with Gasteiger partial charge in [0, 0.05) is 6.42 Å². The summed E-state index contributed by atoms with van der Waals surface area (Å²) in [5.74, 6) is -2.19. The van der Waals surface area contributed by atoms with E-state index in [1.54, 1.807) is 24.3 Å². The lowest BCUT2D eigenvalue weighted by Crippen LogP contribution is -2.46. The largest absolute Gasteiger partial charge is 0.368 e. The molecule has 116 valence electrons. The number of halogens is 1. The van der Waals surface area contributed by atoms with Crippen molar-refractivity contribution in [2.75, 3.05) is 0 Å². The molecule has 5 nitrogen and oxygen atoms in total. The fourth-order valence-electron chi connectivity index (χ4n) is 2.13. The molecule has 0 saturated carbocycles. The minimum Gasteiger partial charge on any atom is -0.368 e. The van der Waals surface area contributed by atoms with Gasteiger partial charge in [0.15, 0.2) is 0 Å². The molecule has 0 aliphatic rings. The Morgan fingerprint density at radius 3 is 2.48 bits per heavy atom. The summed E-state index contributed by atoms with van der Waals surface area (Å²) < 4.78 is 13.6. The zero-order valence-electron chi connectivity index (χ0n) is 12.1. The highest BCUT2D eigenvalue weighted by molar-refractivity contribution is 5.97. The summed E-state index contributed by atoms with van der Waals surface area (Å²) in [6.45, 7) is 0. The van der Waals surface area contributed by atoms with Gasteiger partial charge in [0.1, 0.15) is 11.9 Å². The summed E-state index contributed by atoms with van der Waals surface area (Å²) in [6, 6.07) is 13.1. The average Bonchev–Trinajstić information content (AvgIpc) is 2.54. The van der Waals surface area contributed by atoms with Crippen LogP contribution in [0.15, 0.2) is 48.5 Å². The third-order valence-corrected chi connectivity index (χ3v) is 3.33.